The lowest BCUT2D eigenvalue weighted by Gasteiger charge is -2.37. The van der Waals surface area contributed by atoms with E-state index < -0.39 is 28.4 Å². The molecule has 0 radical (unpaired) electrons. The minimum atomic E-state index is -4.22. The lowest BCUT2D eigenvalue weighted by atomic mass is 9.97. The van der Waals surface area contributed by atoms with Crippen LogP contribution < -0.4 is 0 Å². The zero-order valence-corrected chi connectivity index (χ0v) is 12.6. The molecule has 0 spiro atoms. The SMILES string of the molecule is [2H]C1([2H])C(=O)N(OS(=O)(=O)c2ccc(C)cc2)C1c1ccccc1. The zero-order valence-electron chi connectivity index (χ0n) is 13.8. The van der Waals surface area contributed by atoms with E-state index >= 15 is 0 Å². The number of hydroxylamine groups is 2. The molecule has 1 fully saturated rings. The molecule has 2 aromatic carbocycles. The molecule has 5 nitrogen and oxygen atoms in total. The number of carbonyl (C=O) groups is 1. The normalized spacial score (nSPS) is 21.8. The van der Waals surface area contributed by atoms with Gasteiger partial charge in [-0.25, -0.2) is 0 Å². The largest absolute Gasteiger partial charge is 0.317 e. The first kappa shape index (κ1) is 12.4. The van der Waals surface area contributed by atoms with Crippen LogP contribution in [0.1, 0.15) is 26.3 Å². The molecule has 2 aromatic rings. The summed E-state index contributed by atoms with van der Waals surface area (Å²) < 4.78 is 45.3. The van der Waals surface area contributed by atoms with E-state index in [1.807, 2.05) is 6.92 Å². The van der Waals surface area contributed by atoms with E-state index in [1.165, 1.54) is 12.1 Å². The molecule has 0 bridgehead atoms. The van der Waals surface area contributed by atoms with Crippen molar-refractivity contribution in [3.05, 3.63) is 65.7 Å². The Bertz CT molecular complexity index is 867. The summed E-state index contributed by atoms with van der Waals surface area (Å²) in [7, 11) is -4.22. The molecule has 1 saturated heterocycles. The van der Waals surface area contributed by atoms with Crippen molar-refractivity contribution < 1.29 is 20.2 Å². The number of aryl methyl sites for hydroxylation is 1. The first-order valence-electron chi connectivity index (χ1n) is 7.63. The fourth-order valence-corrected chi connectivity index (χ4v) is 3.00. The third-order valence-corrected chi connectivity index (χ3v) is 4.50. The topological polar surface area (TPSA) is 63.7 Å². The number of β-lactam (4-membered cyclic amide) rings is 1. The molecule has 1 heterocycles. The highest BCUT2D eigenvalue weighted by Crippen LogP contribution is 2.36. The van der Waals surface area contributed by atoms with Crippen molar-refractivity contribution in [1.82, 2.24) is 5.06 Å². The summed E-state index contributed by atoms with van der Waals surface area (Å²) >= 11 is 0. The van der Waals surface area contributed by atoms with Crippen LogP contribution in [-0.2, 0) is 19.2 Å². The van der Waals surface area contributed by atoms with Crippen molar-refractivity contribution in [2.75, 3.05) is 0 Å². The van der Waals surface area contributed by atoms with Gasteiger partial charge in [0.25, 0.3) is 0 Å². The predicted octanol–water partition coefficient (Wildman–Crippen LogP) is 2.59. The van der Waals surface area contributed by atoms with Crippen LogP contribution in [0.5, 0.6) is 0 Å². The Labute approximate surface area is 132 Å². The maximum atomic E-state index is 12.3. The first-order valence-corrected chi connectivity index (χ1v) is 8.04. The van der Waals surface area contributed by atoms with Gasteiger partial charge in [-0.15, -0.1) is 4.28 Å². The van der Waals surface area contributed by atoms with Gasteiger partial charge in [0.15, 0.2) is 0 Å². The van der Waals surface area contributed by atoms with E-state index in [4.69, 9.17) is 7.03 Å². The Kier molecular flexibility index (Phi) is 3.12. The molecule has 6 heteroatoms. The first-order chi connectivity index (χ1) is 11.2. The van der Waals surface area contributed by atoms with Gasteiger partial charge in [-0.05, 0) is 24.6 Å². The van der Waals surface area contributed by atoms with Crippen LogP contribution in [0.4, 0.5) is 0 Å². The van der Waals surface area contributed by atoms with Crippen LogP contribution in [0.3, 0.4) is 0 Å². The van der Waals surface area contributed by atoms with Gasteiger partial charge in [0, 0.05) is 2.74 Å². The third-order valence-electron chi connectivity index (χ3n) is 3.30. The van der Waals surface area contributed by atoms with Crippen molar-refractivity contribution in [3.63, 3.8) is 0 Å². The van der Waals surface area contributed by atoms with E-state index in [0.29, 0.717) is 10.6 Å². The number of amides is 1. The Hall–Kier alpha value is -2.18. The maximum Gasteiger partial charge on any atom is 0.317 e. The Balaban J connectivity index is 1.91. The van der Waals surface area contributed by atoms with Crippen LogP contribution in [0.25, 0.3) is 0 Å². The van der Waals surface area contributed by atoms with Gasteiger partial charge >= 0.3 is 10.1 Å². The highest BCUT2D eigenvalue weighted by Gasteiger charge is 2.41. The van der Waals surface area contributed by atoms with Gasteiger partial charge in [-0.2, -0.15) is 13.5 Å². The third kappa shape index (κ3) is 2.75. The molecule has 3 rings (SSSR count). The standard InChI is InChI=1S/C16H15NO4S/c1-12-7-9-14(10-8-12)22(19,20)21-17-15(11-16(17)18)13-5-3-2-4-6-13/h2-10,15H,11H2,1H3/i11D2. The number of hydrogen-bond donors (Lipinski definition) is 0. The summed E-state index contributed by atoms with van der Waals surface area (Å²) in [4.78, 5) is 11.9. The molecule has 1 atom stereocenters. The lowest BCUT2D eigenvalue weighted by molar-refractivity contribution is -0.189. The summed E-state index contributed by atoms with van der Waals surface area (Å²) in [5, 5.41) is 0.588. The number of benzene rings is 2. The Morgan fingerprint density at radius 3 is 2.41 bits per heavy atom. The zero-order chi connectivity index (χ0) is 17.5. The van der Waals surface area contributed by atoms with Crippen LogP contribution in [0.2, 0.25) is 0 Å². The van der Waals surface area contributed by atoms with E-state index in [0.717, 1.165) is 5.56 Å². The maximum absolute atomic E-state index is 12.3. The van der Waals surface area contributed by atoms with Crippen molar-refractivity contribution >= 4 is 16.0 Å². The number of nitrogens with zero attached hydrogens (tertiary/aromatic N) is 1. The van der Waals surface area contributed by atoms with Crippen LogP contribution in [0, 0.1) is 6.92 Å². The van der Waals surface area contributed by atoms with Crippen molar-refractivity contribution in [2.45, 2.75) is 24.2 Å². The summed E-state index contributed by atoms with van der Waals surface area (Å²) in [5.41, 5.74) is 1.34. The molecule has 1 unspecified atom stereocenters. The number of carbonyl (C=O) groups excluding carboxylic acids is 1. The van der Waals surface area contributed by atoms with Crippen molar-refractivity contribution in [3.8, 4) is 0 Å². The van der Waals surface area contributed by atoms with Gasteiger partial charge in [0.05, 0.1) is 17.3 Å². The van der Waals surface area contributed by atoms with Gasteiger partial charge in [-0.1, -0.05) is 48.0 Å². The second kappa shape index (κ2) is 5.55. The molecule has 0 aromatic heterocycles. The van der Waals surface area contributed by atoms with Crippen molar-refractivity contribution in [1.29, 1.82) is 0 Å². The van der Waals surface area contributed by atoms with Gasteiger partial charge < -0.3 is 0 Å². The molecule has 0 N–H and O–H groups in total. The number of hydrogen-bond acceptors (Lipinski definition) is 4. The molecular weight excluding hydrogens is 302 g/mol. The second-order valence-corrected chi connectivity index (χ2v) is 6.46. The highest BCUT2D eigenvalue weighted by molar-refractivity contribution is 7.86. The highest BCUT2D eigenvalue weighted by atomic mass is 32.2. The minimum absolute atomic E-state index is 0.0971. The molecular formula is C16H15NO4S. The van der Waals surface area contributed by atoms with Crippen LogP contribution >= 0.6 is 0 Å². The molecule has 1 aliphatic heterocycles. The molecule has 0 aliphatic carbocycles. The molecule has 22 heavy (non-hydrogen) atoms. The van der Waals surface area contributed by atoms with Gasteiger partial charge in [0.2, 0.25) is 5.91 Å². The average Bonchev–Trinajstić information content (AvgIpc) is 2.55. The summed E-state index contributed by atoms with van der Waals surface area (Å²) in [5.74, 6) is -1.02. The molecule has 0 saturated carbocycles. The molecule has 114 valence electrons. The fourth-order valence-electron chi connectivity index (χ4n) is 2.07. The Morgan fingerprint density at radius 2 is 1.77 bits per heavy atom. The fraction of sp³-hybridized carbons (Fsp3) is 0.188. The van der Waals surface area contributed by atoms with E-state index in [9.17, 15) is 13.2 Å². The minimum Gasteiger partial charge on any atom is -0.272 e. The van der Waals surface area contributed by atoms with Gasteiger partial charge in [0.1, 0.15) is 0 Å². The van der Waals surface area contributed by atoms with E-state index in [1.54, 1.807) is 42.5 Å². The Morgan fingerprint density at radius 1 is 1.14 bits per heavy atom. The number of rotatable bonds is 4. The van der Waals surface area contributed by atoms with Crippen LogP contribution in [-0.4, -0.2) is 19.4 Å². The second-order valence-electron chi connectivity index (χ2n) is 4.93. The average molecular weight is 319 g/mol. The quantitative estimate of drug-likeness (QED) is 0.813. The molecule has 1 amide bonds. The lowest BCUT2D eigenvalue weighted by Crippen LogP contribution is -2.47. The summed E-state index contributed by atoms with van der Waals surface area (Å²) in [6, 6.07) is 13.2. The molecule has 1 aliphatic rings. The summed E-state index contributed by atoms with van der Waals surface area (Å²) in [6.07, 6.45) is -2.22. The van der Waals surface area contributed by atoms with Gasteiger partial charge in [-0.3, -0.25) is 4.79 Å². The summed E-state index contributed by atoms with van der Waals surface area (Å²) in [6.45, 7) is 1.82. The van der Waals surface area contributed by atoms with Crippen molar-refractivity contribution in [2.24, 2.45) is 0 Å². The van der Waals surface area contributed by atoms with Crippen LogP contribution in [0.15, 0.2) is 59.5 Å². The van der Waals surface area contributed by atoms with E-state index in [-0.39, 0.29) is 4.90 Å². The predicted molar refractivity (Wildman–Crippen MR) is 80.1 cm³/mol. The van der Waals surface area contributed by atoms with E-state index in [2.05, 4.69) is 0 Å². The smallest absolute Gasteiger partial charge is 0.272 e. The monoisotopic (exact) mass is 319 g/mol.